The van der Waals surface area contributed by atoms with Gasteiger partial charge in [-0.05, 0) is 31.1 Å². The number of fused-ring (bicyclic) bond motifs is 2. The van der Waals surface area contributed by atoms with Gasteiger partial charge in [0.25, 0.3) is 0 Å². The summed E-state index contributed by atoms with van der Waals surface area (Å²) in [6, 6.07) is 0. The van der Waals surface area contributed by atoms with Crippen molar-refractivity contribution in [1.82, 2.24) is 0 Å². The average Bonchev–Trinajstić information content (AvgIpc) is 2.34. The van der Waals surface area contributed by atoms with Gasteiger partial charge in [0.15, 0.2) is 0 Å². The van der Waals surface area contributed by atoms with Gasteiger partial charge in [-0.1, -0.05) is 12.2 Å². The molecule has 1 saturated carbocycles. The van der Waals surface area contributed by atoms with Crippen LogP contribution in [0, 0.1) is 17.8 Å². The fourth-order valence-electron chi connectivity index (χ4n) is 2.18. The highest BCUT2D eigenvalue weighted by atomic mass is 16.1. The van der Waals surface area contributed by atoms with Gasteiger partial charge >= 0.3 is 0 Å². The monoisotopic (exact) mass is 136 g/mol. The van der Waals surface area contributed by atoms with Crippen LogP contribution in [0.25, 0.3) is 0 Å². The molecule has 0 heterocycles. The number of allylic oxidation sites excluding steroid dienone is 2. The van der Waals surface area contributed by atoms with Crippen molar-refractivity contribution in [2.24, 2.45) is 17.8 Å². The Kier molecular flexibility index (Phi) is 1.37. The van der Waals surface area contributed by atoms with Gasteiger partial charge in [0, 0.05) is 5.92 Å². The molecular formula is C9H12O. The maximum atomic E-state index is 10.5. The van der Waals surface area contributed by atoms with Gasteiger partial charge in [-0.2, -0.15) is 0 Å². The average molecular weight is 136 g/mol. The molecule has 10 heavy (non-hydrogen) atoms. The highest BCUT2D eigenvalue weighted by molar-refractivity contribution is 5.57. The lowest BCUT2D eigenvalue weighted by atomic mass is 9.86. The molecule has 0 amide bonds. The summed E-state index contributed by atoms with van der Waals surface area (Å²) < 4.78 is 0. The van der Waals surface area contributed by atoms with Gasteiger partial charge in [-0.15, -0.1) is 0 Å². The van der Waals surface area contributed by atoms with Crippen LogP contribution in [0.1, 0.15) is 19.3 Å². The van der Waals surface area contributed by atoms with E-state index in [2.05, 4.69) is 12.2 Å². The van der Waals surface area contributed by atoms with Crippen LogP contribution >= 0.6 is 0 Å². The van der Waals surface area contributed by atoms with Crippen LogP contribution in [-0.2, 0) is 4.79 Å². The summed E-state index contributed by atoms with van der Waals surface area (Å²) in [4.78, 5) is 10.5. The predicted octanol–water partition coefficient (Wildman–Crippen LogP) is 1.79. The molecule has 3 atom stereocenters. The van der Waals surface area contributed by atoms with E-state index in [9.17, 15) is 4.79 Å². The van der Waals surface area contributed by atoms with E-state index in [4.69, 9.17) is 0 Å². The molecule has 1 nitrogen and oxygen atoms in total. The Morgan fingerprint density at radius 3 is 3.00 bits per heavy atom. The first-order valence-corrected chi connectivity index (χ1v) is 4.04. The van der Waals surface area contributed by atoms with Crippen molar-refractivity contribution in [2.75, 3.05) is 0 Å². The minimum Gasteiger partial charge on any atom is -0.303 e. The van der Waals surface area contributed by atoms with Crippen molar-refractivity contribution in [1.29, 1.82) is 0 Å². The summed E-state index contributed by atoms with van der Waals surface area (Å²) in [6.07, 6.45) is 9.26. The zero-order chi connectivity index (χ0) is 6.97. The van der Waals surface area contributed by atoms with E-state index < -0.39 is 0 Å². The normalized spacial score (nSPS) is 43.8. The van der Waals surface area contributed by atoms with E-state index in [0.717, 1.165) is 12.2 Å². The van der Waals surface area contributed by atoms with Gasteiger partial charge in [0.1, 0.15) is 6.29 Å². The molecule has 0 N–H and O–H groups in total. The van der Waals surface area contributed by atoms with Crippen molar-refractivity contribution in [3.05, 3.63) is 12.2 Å². The molecule has 0 aromatic carbocycles. The molecule has 54 valence electrons. The Morgan fingerprint density at radius 2 is 2.20 bits per heavy atom. The minimum absolute atomic E-state index is 0.249. The number of rotatable bonds is 1. The largest absolute Gasteiger partial charge is 0.303 e. The molecule has 0 saturated heterocycles. The highest BCUT2D eigenvalue weighted by Gasteiger charge is 2.31. The number of hydrogen-bond donors (Lipinski definition) is 0. The predicted molar refractivity (Wildman–Crippen MR) is 39.5 cm³/mol. The highest BCUT2D eigenvalue weighted by Crippen LogP contribution is 2.40. The standard InChI is InChI=1S/C9H12O/c10-6-9-4-2-7-1-3-8(9)5-7/h2,4,6-9H,1,3,5H2. The van der Waals surface area contributed by atoms with Crippen LogP contribution in [0.15, 0.2) is 12.2 Å². The van der Waals surface area contributed by atoms with Crippen LogP contribution in [-0.4, -0.2) is 6.29 Å². The van der Waals surface area contributed by atoms with E-state index in [1.54, 1.807) is 0 Å². The van der Waals surface area contributed by atoms with Crippen molar-refractivity contribution in [2.45, 2.75) is 19.3 Å². The Balaban J connectivity index is 2.18. The first-order valence-electron chi connectivity index (χ1n) is 4.04. The molecule has 0 radical (unpaired) electrons. The topological polar surface area (TPSA) is 17.1 Å². The number of carbonyl (C=O) groups excluding carboxylic acids is 1. The Morgan fingerprint density at radius 1 is 1.30 bits per heavy atom. The molecule has 2 aliphatic rings. The lowest BCUT2D eigenvalue weighted by Gasteiger charge is -2.17. The second kappa shape index (κ2) is 2.22. The summed E-state index contributed by atoms with van der Waals surface area (Å²) in [5, 5.41) is 0. The quantitative estimate of drug-likeness (QED) is 0.396. The van der Waals surface area contributed by atoms with Gasteiger partial charge in [-0.3, -0.25) is 0 Å². The molecular weight excluding hydrogens is 124 g/mol. The van der Waals surface area contributed by atoms with Gasteiger partial charge in [0.2, 0.25) is 0 Å². The van der Waals surface area contributed by atoms with Gasteiger partial charge in [-0.25, -0.2) is 0 Å². The van der Waals surface area contributed by atoms with Gasteiger partial charge in [0.05, 0.1) is 0 Å². The fraction of sp³-hybridized carbons (Fsp3) is 0.667. The van der Waals surface area contributed by atoms with Crippen LogP contribution in [0.5, 0.6) is 0 Å². The molecule has 0 aromatic heterocycles. The van der Waals surface area contributed by atoms with Crippen molar-refractivity contribution in [3.8, 4) is 0 Å². The molecule has 1 heteroatoms. The Hall–Kier alpha value is -0.590. The van der Waals surface area contributed by atoms with E-state index in [-0.39, 0.29) is 5.92 Å². The van der Waals surface area contributed by atoms with E-state index in [1.807, 2.05) is 0 Å². The number of carbonyl (C=O) groups is 1. The third-order valence-electron chi connectivity index (χ3n) is 2.82. The number of aldehydes is 1. The van der Waals surface area contributed by atoms with E-state index in [0.29, 0.717) is 5.92 Å². The second-order valence-electron chi connectivity index (χ2n) is 3.43. The maximum absolute atomic E-state index is 10.5. The smallest absolute Gasteiger partial charge is 0.127 e. The second-order valence-corrected chi connectivity index (χ2v) is 3.43. The summed E-state index contributed by atoms with van der Waals surface area (Å²) >= 11 is 0. The molecule has 3 unspecified atom stereocenters. The molecule has 1 fully saturated rings. The van der Waals surface area contributed by atoms with Crippen LogP contribution < -0.4 is 0 Å². The lowest BCUT2D eigenvalue weighted by molar-refractivity contribution is -0.111. The van der Waals surface area contributed by atoms with Crippen molar-refractivity contribution < 1.29 is 4.79 Å². The third kappa shape index (κ3) is 0.808. The summed E-state index contributed by atoms with van der Waals surface area (Å²) in [6.45, 7) is 0. The molecule has 2 rings (SSSR count). The van der Waals surface area contributed by atoms with E-state index in [1.165, 1.54) is 19.3 Å². The van der Waals surface area contributed by atoms with Gasteiger partial charge < -0.3 is 4.79 Å². The minimum atomic E-state index is 0.249. The molecule has 0 spiro atoms. The van der Waals surface area contributed by atoms with Crippen molar-refractivity contribution in [3.63, 3.8) is 0 Å². The van der Waals surface area contributed by atoms with E-state index >= 15 is 0 Å². The van der Waals surface area contributed by atoms with Crippen LogP contribution in [0.3, 0.4) is 0 Å². The molecule has 0 aromatic rings. The Bertz CT molecular complexity index is 172. The fourth-order valence-corrected chi connectivity index (χ4v) is 2.18. The first kappa shape index (κ1) is 6.14. The summed E-state index contributed by atoms with van der Waals surface area (Å²) in [5.41, 5.74) is 0. The summed E-state index contributed by atoms with van der Waals surface area (Å²) in [7, 11) is 0. The SMILES string of the molecule is O=CC1C=CC2CCC1C2. The van der Waals surface area contributed by atoms with Crippen LogP contribution in [0.2, 0.25) is 0 Å². The maximum Gasteiger partial charge on any atom is 0.127 e. The molecule has 2 bridgehead atoms. The van der Waals surface area contributed by atoms with Crippen molar-refractivity contribution >= 4 is 6.29 Å². The molecule has 0 aliphatic heterocycles. The zero-order valence-corrected chi connectivity index (χ0v) is 5.99. The summed E-state index contributed by atoms with van der Waals surface area (Å²) in [5.74, 6) is 1.74. The molecule has 2 aliphatic carbocycles. The lowest BCUT2D eigenvalue weighted by Crippen LogP contribution is -2.13. The zero-order valence-electron chi connectivity index (χ0n) is 5.99. The first-order chi connectivity index (χ1) is 4.90. The van der Waals surface area contributed by atoms with Crippen LogP contribution in [0.4, 0.5) is 0 Å². The number of hydrogen-bond acceptors (Lipinski definition) is 1. The third-order valence-corrected chi connectivity index (χ3v) is 2.82. The Labute approximate surface area is 61.1 Å².